The maximum atomic E-state index is 12.3. The van der Waals surface area contributed by atoms with E-state index in [1.54, 1.807) is 55.5 Å². The molecule has 0 radical (unpaired) electrons. The summed E-state index contributed by atoms with van der Waals surface area (Å²) in [6, 6.07) is 13.2. The molecular weight excluding hydrogens is 346 g/mol. The van der Waals surface area contributed by atoms with E-state index in [0.717, 1.165) is 0 Å². The SMILES string of the molecule is CCC(=O)Nc1ccc(C(=O)NNC(=O)c2ccccc2OC(C)C)cc1. The van der Waals surface area contributed by atoms with E-state index in [0.29, 0.717) is 29.0 Å². The normalized spacial score (nSPS) is 10.2. The summed E-state index contributed by atoms with van der Waals surface area (Å²) in [5, 5.41) is 2.70. The number of anilines is 1. The molecule has 2 rings (SSSR count). The lowest BCUT2D eigenvalue weighted by molar-refractivity contribution is -0.115. The van der Waals surface area contributed by atoms with Gasteiger partial charge in [-0.25, -0.2) is 0 Å². The maximum absolute atomic E-state index is 12.3. The lowest BCUT2D eigenvalue weighted by atomic mass is 10.2. The van der Waals surface area contributed by atoms with Crippen LogP contribution >= 0.6 is 0 Å². The van der Waals surface area contributed by atoms with Crippen molar-refractivity contribution in [2.75, 3.05) is 5.32 Å². The molecule has 7 nitrogen and oxygen atoms in total. The Labute approximate surface area is 158 Å². The van der Waals surface area contributed by atoms with E-state index >= 15 is 0 Å². The molecule has 7 heteroatoms. The molecule has 0 saturated heterocycles. The largest absolute Gasteiger partial charge is 0.490 e. The molecule has 2 aromatic rings. The molecule has 27 heavy (non-hydrogen) atoms. The lowest BCUT2D eigenvalue weighted by Crippen LogP contribution is -2.41. The fourth-order valence-electron chi connectivity index (χ4n) is 2.22. The number of benzene rings is 2. The Balaban J connectivity index is 1.97. The number of hydrogen-bond donors (Lipinski definition) is 3. The monoisotopic (exact) mass is 369 g/mol. The quantitative estimate of drug-likeness (QED) is 0.682. The Kier molecular flexibility index (Phi) is 6.93. The van der Waals surface area contributed by atoms with E-state index in [1.807, 2.05) is 13.8 Å². The van der Waals surface area contributed by atoms with Crippen LogP contribution in [0.2, 0.25) is 0 Å². The van der Waals surface area contributed by atoms with Gasteiger partial charge in [0.2, 0.25) is 5.91 Å². The van der Waals surface area contributed by atoms with Gasteiger partial charge in [0.25, 0.3) is 11.8 Å². The van der Waals surface area contributed by atoms with Gasteiger partial charge in [-0.15, -0.1) is 0 Å². The molecule has 0 atom stereocenters. The van der Waals surface area contributed by atoms with Crippen molar-refractivity contribution in [1.82, 2.24) is 10.9 Å². The third-order valence-electron chi connectivity index (χ3n) is 3.54. The molecule has 0 spiro atoms. The van der Waals surface area contributed by atoms with Crippen molar-refractivity contribution in [3.05, 3.63) is 59.7 Å². The molecule has 0 heterocycles. The van der Waals surface area contributed by atoms with E-state index in [2.05, 4.69) is 16.2 Å². The number of ether oxygens (including phenoxy) is 1. The summed E-state index contributed by atoms with van der Waals surface area (Å²) in [4.78, 5) is 35.9. The third-order valence-corrected chi connectivity index (χ3v) is 3.54. The molecule has 2 aromatic carbocycles. The fraction of sp³-hybridized carbons (Fsp3) is 0.250. The first-order valence-electron chi connectivity index (χ1n) is 8.67. The zero-order valence-electron chi connectivity index (χ0n) is 15.5. The zero-order chi connectivity index (χ0) is 19.8. The summed E-state index contributed by atoms with van der Waals surface area (Å²) < 4.78 is 5.60. The van der Waals surface area contributed by atoms with Gasteiger partial charge in [-0.1, -0.05) is 19.1 Å². The van der Waals surface area contributed by atoms with Crippen molar-refractivity contribution in [2.24, 2.45) is 0 Å². The number of hydrogen-bond acceptors (Lipinski definition) is 4. The van der Waals surface area contributed by atoms with Crippen LogP contribution in [0.1, 0.15) is 47.9 Å². The fourth-order valence-corrected chi connectivity index (χ4v) is 2.22. The predicted molar refractivity (Wildman–Crippen MR) is 103 cm³/mol. The maximum Gasteiger partial charge on any atom is 0.273 e. The van der Waals surface area contributed by atoms with Crippen LogP contribution in [0.15, 0.2) is 48.5 Å². The first kappa shape index (κ1) is 20.0. The van der Waals surface area contributed by atoms with Crippen molar-refractivity contribution in [3.63, 3.8) is 0 Å². The van der Waals surface area contributed by atoms with Crippen LogP contribution in [0, 0.1) is 0 Å². The molecule has 0 bridgehead atoms. The highest BCUT2D eigenvalue weighted by molar-refractivity contribution is 6.00. The number of hydrazine groups is 1. The Morgan fingerprint density at radius 3 is 2.19 bits per heavy atom. The predicted octanol–water partition coefficient (Wildman–Crippen LogP) is 2.90. The second-order valence-corrected chi connectivity index (χ2v) is 6.05. The van der Waals surface area contributed by atoms with Crippen molar-refractivity contribution in [3.8, 4) is 5.75 Å². The minimum absolute atomic E-state index is 0.0831. The third kappa shape index (κ3) is 5.85. The average Bonchev–Trinajstić information content (AvgIpc) is 2.66. The first-order valence-corrected chi connectivity index (χ1v) is 8.67. The van der Waals surface area contributed by atoms with Gasteiger partial charge in [0.1, 0.15) is 5.75 Å². The van der Waals surface area contributed by atoms with Crippen LogP contribution < -0.4 is 20.9 Å². The number of nitrogens with one attached hydrogen (secondary N) is 3. The van der Waals surface area contributed by atoms with Crippen molar-refractivity contribution >= 4 is 23.4 Å². The Morgan fingerprint density at radius 1 is 0.926 bits per heavy atom. The van der Waals surface area contributed by atoms with E-state index in [9.17, 15) is 14.4 Å². The number of carbonyl (C=O) groups excluding carboxylic acids is 3. The highest BCUT2D eigenvalue weighted by atomic mass is 16.5. The molecular formula is C20H23N3O4. The second-order valence-electron chi connectivity index (χ2n) is 6.05. The van der Waals surface area contributed by atoms with E-state index in [-0.39, 0.29) is 12.0 Å². The van der Waals surface area contributed by atoms with Crippen LogP contribution in [-0.2, 0) is 4.79 Å². The topological polar surface area (TPSA) is 96.5 Å². The molecule has 0 fully saturated rings. The van der Waals surface area contributed by atoms with Gasteiger partial charge >= 0.3 is 0 Å². The molecule has 0 aliphatic rings. The summed E-state index contributed by atoms with van der Waals surface area (Å²) in [6.45, 7) is 5.48. The van der Waals surface area contributed by atoms with E-state index < -0.39 is 11.8 Å². The van der Waals surface area contributed by atoms with Gasteiger partial charge in [-0.05, 0) is 50.2 Å². The van der Waals surface area contributed by atoms with Crippen LogP contribution in [0.3, 0.4) is 0 Å². The number of para-hydroxylation sites is 1. The average molecular weight is 369 g/mol. The van der Waals surface area contributed by atoms with Crippen LogP contribution in [0.4, 0.5) is 5.69 Å². The summed E-state index contributed by atoms with van der Waals surface area (Å²) in [5.41, 5.74) is 6.01. The van der Waals surface area contributed by atoms with Crippen LogP contribution in [0.25, 0.3) is 0 Å². The summed E-state index contributed by atoms with van der Waals surface area (Å²) in [5.74, 6) is -0.623. The number of rotatable bonds is 6. The zero-order valence-corrected chi connectivity index (χ0v) is 15.5. The molecule has 3 amide bonds. The van der Waals surface area contributed by atoms with Crippen LogP contribution in [-0.4, -0.2) is 23.8 Å². The minimum atomic E-state index is -0.480. The summed E-state index contributed by atoms with van der Waals surface area (Å²) in [6.07, 6.45) is 0.288. The molecule has 0 saturated carbocycles. The van der Waals surface area contributed by atoms with Gasteiger partial charge in [-0.2, -0.15) is 0 Å². The van der Waals surface area contributed by atoms with Gasteiger partial charge < -0.3 is 10.1 Å². The van der Waals surface area contributed by atoms with Gasteiger partial charge in [0.15, 0.2) is 0 Å². The van der Waals surface area contributed by atoms with Crippen molar-refractivity contribution in [1.29, 1.82) is 0 Å². The minimum Gasteiger partial charge on any atom is -0.490 e. The van der Waals surface area contributed by atoms with Crippen LogP contribution in [0.5, 0.6) is 5.75 Å². The molecule has 0 aromatic heterocycles. The number of amides is 3. The van der Waals surface area contributed by atoms with Crippen molar-refractivity contribution in [2.45, 2.75) is 33.3 Å². The Morgan fingerprint density at radius 2 is 1.56 bits per heavy atom. The summed E-state index contributed by atoms with van der Waals surface area (Å²) >= 11 is 0. The van der Waals surface area contributed by atoms with Gasteiger partial charge in [-0.3, -0.25) is 25.2 Å². The molecule has 0 aliphatic carbocycles. The van der Waals surface area contributed by atoms with E-state index in [1.165, 1.54) is 0 Å². The standard InChI is InChI=1S/C20H23N3O4/c1-4-18(24)21-15-11-9-14(10-12-15)19(25)22-23-20(26)16-7-5-6-8-17(16)27-13(2)3/h5-13H,4H2,1-3H3,(H,21,24)(H,22,25)(H,23,26). The lowest BCUT2D eigenvalue weighted by Gasteiger charge is -2.14. The summed E-state index contributed by atoms with van der Waals surface area (Å²) in [7, 11) is 0. The molecule has 0 aliphatic heterocycles. The first-order chi connectivity index (χ1) is 12.9. The highest BCUT2D eigenvalue weighted by Crippen LogP contribution is 2.19. The Hall–Kier alpha value is -3.35. The Bertz CT molecular complexity index is 816. The smallest absolute Gasteiger partial charge is 0.273 e. The van der Waals surface area contributed by atoms with Crippen molar-refractivity contribution < 1.29 is 19.1 Å². The molecule has 142 valence electrons. The second kappa shape index (κ2) is 9.38. The van der Waals surface area contributed by atoms with Gasteiger partial charge in [0, 0.05) is 17.7 Å². The van der Waals surface area contributed by atoms with Gasteiger partial charge in [0.05, 0.1) is 11.7 Å². The highest BCUT2D eigenvalue weighted by Gasteiger charge is 2.14. The van der Waals surface area contributed by atoms with E-state index in [4.69, 9.17) is 4.74 Å². The molecule has 0 unspecified atom stereocenters. The molecule has 3 N–H and O–H groups in total. The number of carbonyl (C=O) groups is 3.